The summed E-state index contributed by atoms with van der Waals surface area (Å²) in [6.45, 7) is 0.386. The van der Waals surface area contributed by atoms with Gasteiger partial charge in [0.2, 0.25) is 10.0 Å². The van der Waals surface area contributed by atoms with Gasteiger partial charge < -0.3 is 0 Å². The van der Waals surface area contributed by atoms with Gasteiger partial charge in [0.1, 0.15) is 6.04 Å². The van der Waals surface area contributed by atoms with Gasteiger partial charge >= 0.3 is 0 Å². The zero-order chi connectivity index (χ0) is 17.9. The normalized spacial score (nSPS) is 18.6. The van der Waals surface area contributed by atoms with Crippen LogP contribution in [0.1, 0.15) is 24.0 Å². The van der Waals surface area contributed by atoms with E-state index in [1.54, 1.807) is 0 Å². The van der Waals surface area contributed by atoms with Gasteiger partial charge in [0.05, 0.1) is 12.3 Å². The summed E-state index contributed by atoms with van der Waals surface area (Å²) in [6.07, 6.45) is 2.60. The van der Waals surface area contributed by atoms with Crippen LogP contribution in [-0.4, -0.2) is 31.6 Å². The van der Waals surface area contributed by atoms with Gasteiger partial charge in [0.25, 0.3) is 0 Å². The standard InChI is InChI=1S/C20H20N2O2S/c1-25(23,24)22-14-8-13-18(19(22)15-21)20(16-9-4-2-5-10-16)17-11-6-3-7-12-17/h2-7,9-12,19H,8,13-14H2,1H3. The Bertz CT molecular complexity index is 872. The number of nitrogens with zero attached hydrogens (tertiary/aromatic N) is 2. The maximum atomic E-state index is 12.1. The fraction of sp³-hybridized carbons (Fsp3) is 0.250. The Morgan fingerprint density at radius 3 is 2.00 bits per heavy atom. The molecule has 1 aliphatic heterocycles. The highest BCUT2D eigenvalue weighted by Gasteiger charge is 2.34. The average Bonchev–Trinajstić information content (AvgIpc) is 2.63. The molecular formula is C20H20N2O2S. The summed E-state index contributed by atoms with van der Waals surface area (Å²) in [7, 11) is -3.44. The summed E-state index contributed by atoms with van der Waals surface area (Å²) in [5.41, 5.74) is 3.83. The first kappa shape index (κ1) is 17.4. The quantitative estimate of drug-likeness (QED) is 0.850. The van der Waals surface area contributed by atoms with Gasteiger partial charge in [-0.2, -0.15) is 9.57 Å². The summed E-state index contributed by atoms with van der Waals surface area (Å²) in [4.78, 5) is 0. The van der Waals surface area contributed by atoms with Crippen LogP contribution < -0.4 is 0 Å². The second-order valence-corrected chi connectivity index (χ2v) is 8.08. The van der Waals surface area contributed by atoms with Gasteiger partial charge in [-0.05, 0) is 35.1 Å². The van der Waals surface area contributed by atoms with Crippen LogP contribution in [0.4, 0.5) is 0 Å². The van der Waals surface area contributed by atoms with Crippen molar-refractivity contribution in [3.05, 3.63) is 77.4 Å². The smallest absolute Gasteiger partial charge is 0.212 e. The van der Waals surface area contributed by atoms with Crippen LogP contribution in [0.3, 0.4) is 0 Å². The minimum Gasteiger partial charge on any atom is -0.212 e. The number of benzene rings is 2. The van der Waals surface area contributed by atoms with Crippen molar-refractivity contribution in [2.45, 2.75) is 18.9 Å². The van der Waals surface area contributed by atoms with Crippen LogP contribution in [-0.2, 0) is 10.0 Å². The van der Waals surface area contributed by atoms with Crippen molar-refractivity contribution in [3.8, 4) is 6.07 Å². The van der Waals surface area contributed by atoms with E-state index in [0.29, 0.717) is 19.4 Å². The molecule has 1 unspecified atom stereocenters. The van der Waals surface area contributed by atoms with E-state index in [0.717, 1.165) is 22.3 Å². The Hall–Kier alpha value is -2.42. The van der Waals surface area contributed by atoms with Crippen molar-refractivity contribution in [3.63, 3.8) is 0 Å². The molecule has 2 aromatic carbocycles. The van der Waals surface area contributed by atoms with Crippen LogP contribution in [0, 0.1) is 11.3 Å². The second-order valence-electron chi connectivity index (χ2n) is 6.14. The predicted octanol–water partition coefficient (Wildman–Crippen LogP) is 3.44. The van der Waals surface area contributed by atoms with E-state index in [9.17, 15) is 13.7 Å². The predicted molar refractivity (Wildman–Crippen MR) is 99.1 cm³/mol. The molecular weight excluding hydrogens is 332 g/mol. The molecule has 4 nitrogen and oxygen atoms in total. The largest absolute Gasteiger partial charge is 0.212 e. The topological polar surface area (TPSA) is 61.2 Å². The molecule has 1 fully saturated rings. The second kappa shape index (κ2) is 7.22. The molecule has 0 radical (unpaired) electrons. The lowest BCUT2D eigenvalue weighted by Gasteiger charge is -2.33. The molecule has 1 aliphatic rings. The maximum absolute atomic E-state index is 12.1. The monoisotopic (exact) mass is 352 g/mol. The van der Waals surface area contributed by atoms with Gasteiger partial charge in [-0.15, -0.1) is 0 Å². The number of rotatable bonds is 3. The van der Waals surface area contributed by atoms with E-state index in [2.05, 4.69) is 6.07 Å². The molecule has 0 amide bonds. The summed E-state index contributed by atoms with van der Waals surface area (Å²) in [5.74, 6) is 0. The van der Waals surface area contributed by atoms with Crippen LogP contribution in [0.2, 0.25) is 0 Å². The van der Waals surface area contributed by atoms with Gasteiger partial charge in [0.15, 0.2) is 0 Å². The molecule has 25 heavy (non-hydrogen) atoms. The molecule has 1 atom stereocenters. The van der Waals surface area contributed by atoms with Crippen LogP contribution in [0.25, 0.3) is 5.57 Å². The molecule has 0 bridgehead atoms. The maximum Gasteiger partial charge on any atom is 0.212 e. The van der Waals surface area contributed by atoms with E-state index in [1.807, 2.05) is 60.7 Å². The molecule has 0 spiro atoms. The first-order chi connectivity index (χ1) is 12.0. The fourth-order valence-electron chi connectivity index (χ4n) is 3.37. The third-order valence-electron chi connectivity index (χ3n) is 4.44. The zero-order valence-corrected chi connectivity index (χ0v) is 14.9. The van der Waals surface area contributed by atoms with Crippen molar-refractivity contribution in [2.75, 3.05) is 12.8 Å². The van der Waals surface area contributed by atoms with Crippen molar-refractivity contribution in [2.24, 2.45) is 0 Å². The lowest BCUT2D eigenvalue weighted by molar-refractivity contribution is 0.355. The van der Waals surface area contributed by atoms with E-state index in [1.165, 1.54) is 10.6 Å². The van der Waals surface area contributed by atoms with E-state index >= 15 is 0 Å². The fourth-order valence-corrected chi connectivity index (χ4v) is 4.39. The summed E-state index contributed by atoms with van der Waals surface area (Å²) < 4.78 is 25.6. The molecule has 1 saturated heterocycles. The minimum absolute atomic E-state index is 0.386. The van der Waals surface area contributed by atoms with Crippen molar-refractivity contribution in [1.29, 1.82) is 5.26 Å². The molecule has 1 heterocycles. The highest BCUT2D eigenvalue weighted by atomic mass is 32.2. The molecule has 3 rings (SSSR count). The van der Waals surface area contributed by atoms with Crippen molar-refractivity contribution in [1.82, 2.24) is 4.31 Å². The molecule has 2 aromatic rings. The Balaban J connectivity index is 2.24. The Morgan fingerprint density at radius 1 is 1.04 bits per heavy atom. The number of piperidine rings is 1. The lowest BCUT2D eigenvalue weighted by Crippen LogP contribution is -2.44. The number of hydrogen-bond acceptors (Lipinski definition) is 3. The molecule has 5 heteroatoms. The number of sulfonamides is 1. The van der Waals surface area contributed by atoms with Gasteiger partial charge in [-0.3, -0.25) is 0 Å². The Kier molecular flexibility index (Phi) is 5.03. The van der Waals surface area contributed by atoms with Crippen molar-refractivity contribution < 1.29 is 8.42 Å². The first-order valence-electron chi connectivity index (χ1n) is 8.22. The van der Waals surface area contributed by atoms with Gasteiger partial charge in [-0.25, -0.2) is 8.42 Å². The van der Waals surface area contributed by atoms with Crippen LogP contribution in [0.15, 0.2) is 66.2 Å². The Labute approximate surface area is 149 Å². The van der Waals surface area contributed by atoms with E-state index in [-0.39, 0.29) is 0 Å². The third kappa shape index (κ3) is 3.65. The highest BCUT2D eigenvalue weighted by Crippen LogP contribution is 2.35. The summed E-state index contributed by atoms with van der Waals surface area (Å²) >= 11 is 0. The van der Waals surface area contributed by atoms with Crippen LogP contribution in [0.5, 0.6) is 0 Å². The average molecular weight is 352 g/mol. The number of nitriles is 1. The van der Waals surface area contributed by atoms with Gasteiger partial charge in [-0.1, -0.05) is 60.7 Å². The molecule has 0 N–H and O–H groups in total. The molecule has 0 saturated carbocycles. The number of hydrogen-bond donors (Lipinski definition) is 0. The SMILES string of the molecule is CS(=O)(=O)N1CCCC(=C(c2ccccc2)c2ccccc2)C1C#N. The third-order valence-corrected chi connectivity index (χ3v) is 5.68. The van der Waals surface area contributed by atoms with Gasteiger partial charge in [0, 0.05) is 6.54 Å². The lowest BCUT2D eigenvalue weighted by atomic mass is 9.86. The summed E-state index contributed by atoms with van der Waals surface area (Å²) in [5, 5.41) is 9.75. The van der Waals surface area contributed by atoms with E-state index < -0.39 is 16.1 Å². The van der Waals surface area contributed by atoms with Crippen LogP contribution >= 0.6 is 0 Å². The zero-order valence-electron chi connectivity index (χ0n) is 14.1. The molecule has 128 valence electrons. The van der Waals surface area contributed by atoms with Crippen molar-refractivity contribution >= 4 is 15.6 Å². The highest BCUT2D eigenvalue weighted by molar-refractivity contribution is 7.88. The molecule has 0 aromatic heterocycles. The van der Waals surface area contributed by atoms with E-state index in [4.69, 9.17) is 0 Å². The first-order valence-corrected chi connectivity index (χ1v) is 10.1. The summed E-state index contributed by atoms with van der Waals surface area (Å²) in [6, 6.07) is 21.2. The Morgan fingerprint density at radius 2 is 1.56 bits per heavy atom. The molecule has 0 aliphatic carbocycles. The minimum atomic E-state index is -3.44.